The standard InChI is InChI=1S/C26H30N2O6/c1-16-8-4-3-7-13-33-26(32)27-17(2)24(29)28-15-19(14-21(28)25(30)31)34-22-12-11-18-9-5-6-10-20(18)23(16)22/h5-6,9-12,17,19,21H,1,3-4,7-8,13-15H2,2H3,(H,27,32)(H,30,31)/t17-,19+,21-/m0/s1. The summed E-state index contributed by atoms with van der Waals surface area (Å²) in [5.74, 6) is -0.948. The van der Waals surface area contributed by atoms with Crippen molar-refractivity contribution in [2.75, 3.05) is 13.2 Å². The van der Waals surface area contributed by atoms with Crippen molar-refractivity contribution in [2.24, 2.45) is 0 Å². The smallest absolute Gasteiger partial charge is 0.407 e. The molecule has 1 saturated heterocycles. The summed E-state index contributed by atoms with van der Waals surface area (Å²) >= 11 is 0. The van der Waals surface area contributed by atoms with Gasteiger partial charge in [-0.1, -0.05) is 36.9 Å². The normalized spacial score (nSPS) is 24.6. The van der Waals surface area contributed by atoms with E-state index in [9.17, 15) is 19.5 Å². The van der Waals surface area contributed by atoms with Crippen LogP contribution in [0.4, 0.5) is 4.79 Å². The minimum atomic E-state index is -1.10. The summed E-state index contributed by atoms with van der Waals surface area (Å²) in [4.78, 5) is 38.3. The first-order chi connectivity index (χ1) is 16.3. The molecule has 2 bridgehead atoms. The van der Waals surface area contributed by atoms with Crippen molar-refractivity contribution < 1.29 is 29.0 Å². The number of carbonyl (C=O) groups excluding carboxylic acids is 2. The number of rotatable bonds is 1. The van der Waals surface area contributed by atoms with E-state index in [1.165, 1.54) is 11.8 Å². The number of hydrogen-bond acceptors (Lipinski definition) is 5. The van der Waals surface area contributed by atoms with Gasteiger partial charge in [0.25, 0.3) is 0 Å². The Morgan fingerprint density at radius 3 is 2.74 bits per heavy atom. The number of allylic oxidation sites excluding steroid dienone is 1. The molecular weight excluding hydrogens is 436 g/mol. The second-order valence-corrected chi connectivity index (χ2v) is 8.90. The summed E-state index contributed by atoms with van der Waals surface area (Å²) in [6.45, 7) is 6.20. The van der Waals surface area contributed by atoms with Crippen LogP contribution in [0.2, 0.25) is 0 Å². The van der Waals surface area contributed by atoms with E-state index < -0.39 is 36.2 Å². The lowest BCUT2D eigenvalue weighted by Crippen LogP contribution is -2.50. The Kier molecular flexibility index (Phi) is 7.05. The molecule has 3 atom stereocenters. The Bertz CT molecular complexity index is 1110. The number of carboxylic acids is 1. The van der Waals surface area contributed by atoms with Gasteiger partial charge >= 0.3 is 12.1 Å². The number of alkyl carbamates (subject to hydrolysis) is 1. The minimum absolute atomic E-state index is 0.107. The number of carboxylic acid groups (broad SMARTS) is 1. The average molecular weight is 467 g/mol. The van der Waals surface area contributed by atoms with Crippen LogP contribution in [0.3, 0.4) is 0 Å². The lowest BCUT2D eigenvalue weighted by atomic mass is 9.94. The average Bonchev–Trinajstić information content (AvgIpc) is 3.24. The van der Waals surface area contributed by atoms with E-state index in [2.05, 4.69) is 11.9 Å². The molecule has 2 aliphatic rings. The van der Waals surface area contributed by atoms with E-state index in [-0.39, 0.29) is 19.6 Å². The highest BCUT2D eigenvalue weighted by Gasteiger charge is 2.42. The van der Waals surface area contributed by atoms with Crippen LogP contribution in [0.25, 0.3) is 16.3 Å². The molecule has 2 N–H and O–H groups in total. The zero-order valence-corrected chi connectivity index (χ0v) is 19.3. The molecule has 2 heterocycles. The Morgan fingerprint density at radius 2 is 1.94 bits per heavy atom. The molecule has 2 aliphatic heterocycles. The number of cyclic esters (lactones) is 1. The molecule has 0 aromatic heterocycles. The molecule has 8 nitrogen and oxygen atoms in total. The molecule has 2 amide bonds. The third kappa shape index (κ3) is 5.00. The summed E-state index contributed by atoms with van der Waals surface area (Å²) in [5.41, 5.74) is 1.85. The summed E-state index contributed by atoms with van der Waals surface area (Å²) in [5, 5.41) is 14.3. The summed E-state index contributed by atoms with van der Waals surface area (Å²) < 4.78 is 11.5. The first-order valence-corrected chi connectivity index (χ1v) is 11.7. The molecule has 34 heavy (non-hydrogen) atoms. The Morgan fingerprint density at radius 1 is 1.15 bits per heavy atom. The highest BCUT2D eigenvalue weighted by molar-refractivity contribution is 5.96. The number of nitrogens with zero attached hydrogens (tertiary/aromatic N) is 1. The maximum absolute atomic E-state index is 13.0. The van der Waals surface area contributed by atoms with Gasteiger partial charge < -0.3 is 24.8 Å². The van der Waals surface area contributed by atoms with E-state index >= 15 is 0 Å². The summed E-state index contributed by atoms with van der Waals surface area (Å²) in [7, 11) is 0. The van der Waals surface area contributed by atoms with Gasteiger partial charge in [-0.15, -0.1) is 0 Å². The molecule has 0 saturated carbocycles. The Hall–Kier alpha value is -3.55. The van der Waals surface area contributed by atoms with Gasteiger partial charge in [-0.25, -0.2) is 9.59 Å². The monoisotopic (exact) mass is 466 g/mol. The quantitative estimate of drug-likeness (QED) is 0.659. The number of benzene rings is 2. The number of aliphatic carboxylic acids is 1. The molecule has 1 fully saturated rings. The molecule has 0 spiro atoms. The van der Waals surface area contributed by atoms with Crippen molar-refractivity contribution in [3.8, 4) is 5.75 Å². The molecule has 2 aromatic carbocycles. The second-order valence-electron chi connectivity index (χ2n) is 8.90. The second kappa shape index (κ2) is 10.2. The zero-order valence-electron chi connectivity index (χ0n) is 19.3. The number of ether oxygens (including phenoxy) is 2. The molecule has 180 valence electrons. The maximum atomic E-state index is 13.0. The van der Waals surface area contributed by atoms with Crippen LogP contribution >= 0.6 is 0 Å². The fraction of sp³-hybridized carbons (Fsp3) is 0.423. The minimum Gasteiger partial charge on any atom is -0.488 e. The number of fused-ring (bicyclic) bond motifs is 5. The third-order valence-electron chi connectivity index (χ3n) is 6.43. The van der Waals surface area contributed by atoms with E-state index in [1.54, 1.807) is 0 Å². The number of nitrogens with one attached hydrogen (secondary N) is 1. The van der Waals surface area contributed by atoms with Gasteiger partial charge in [0.15, 0.2) is 0 Å². The summed E-state index contributed by atoms with van der Waals surface area (Å²) in [6, 6.07) is 9.93. The van der Waals surface area contributed by atoms with Gasteiger partial charge in [0.2, 0.25) is 5.91 Å². The van der Waals surface area contributed by atoms with Gasteiger partial charge in [0.05, 0.1) is 13.2 Å². The van der Waals surface area contributed by atoms with E-state index in [0.717, 1.165) is 41.2 Å². The molecule has 2 aromatic rings. The first-order valence-electron chi connectivity index (χ1n) is 11.7. The van der Waals surface area contributed by atoms with E-state index in [1.807, 2.05) is 36.4 Å². The van der Waals surface area contributed by atoms with Crippen molar-refractivity contribution >= 4 is 34.3 Å². The molecule has 0 unspecified atom stereocenters. The van der Waals surface area contributed by atoms with E-state index in [4.69, 9.17) is 9.47 Å². The lowest BCUT2D eigenvalue weighted by Gasteiger charge is -2.25. The third-order valence-corrected chi connectivity index (χ3v) is 6.43. The number of carbonyl (C=O) groups is 3. The lowest BCUT2D eigenvalue weighted by molar-refractivity contribution is -0.148. The van der Waals surface area contributed by atoms with Gasteiger partial charge in [0.1, 0.15) is 23.9 Å². The van der Waals surface area contributed by atoms with Gasteiger partial charge in [-0.05, 0) is 55.0 Å². The molecule has 0 aliphatic carbocycles. The van der Waals surface area contributed by atoms with Crippen LogP contribution in [0.5, 0.6) is 5.75 Å². The van der Waals surface area contributed by atoms with Crippen molar-refractivity contribution in [1.82, 2.24) is 10.2 Å². The van der Waals surface area contributed by atoms with Crippen molar-refractivity contribution in [3.05, 3.63) is 48.5 Å². The Balaban J connectivity index is 1.69. The summed E-state index contributed by atoms with van der Waals surface area (Å²) in [6.07, 6.45) is 2.13. The van der Waals surface area contributed by atoms with Crippen LogP contribution in [0.1, 0.15) is 44.6 Å². The number of amides is 2. The predicted octanol–water partition coefficient (Wildman–Crippen LogP) is 3.97. The van der Waals surface area contributed by atoms with Crippen LogP contribution in [0, 0.1) is 0 Å². The van der Waals surface area contributed by atoms with Crippen LogP contribution < -0.4 is 10.1 Å². The van der Waals surface area contributed by atoms with Crippen molar-refractivity contribution in [2.45, 2.75) is 57.2 Å². The van der Waals surface area contributed by atoms with Crippen molar-refractivity contribution in [3.63, 3.8) is 0 Å². The Labute approximate surface area is 198 Å². The van der Waals surface area contributed by atoms with Crippen LogP contribution in [-0.4, -0.2) is 59.3 Å². The maximum Gasteiger partial charge on any atom is 0.407 e. The van der Waals surface area contributed by atoms with Gasteiger partial charge in [-0.3, -0.25) is 4.79 Å². The van der Waals surface area contributed by atoms with Crippen LogP contribution in [0.15, 0.2) is 43.0 Å². The molecule has 4 rings (SSSR count). The SMILES string of the molecule is C=C1CCCCCOC(=O)N[C@@H](C)C(=O)N2C[C@@H](C[C@H]2C(=O)O)Oc2ccc3ccccc3c21. The highest BCUT2D eigenvalue weighted by Crippen LogP contribution is 2.37. The first kappa shape index (κ1) is 23.6. The van der Waals surface area contributed by atoms with Gasteiger partial charge in [-0.2, -0.15) is 0 Å². The van der Waals surface area contributed by atoms with Crippen LogP contribution in [-0.2, 0) is 14.3 Å². The topological polar surface area (TPSA) is 105 Å². The molecule has 0 radical (unpaired) electrons. The predicted molar refractivity (Wildman–Crippen MR) is 128 cm³/mol. The molecular formula is C26H30N2O6. The highest BCUT2D eigenvalue weighted by atomic mass is 16.5. The van der Waals surface area contributed by atoms with Gasteiger partial charge in [0, 0.05) is 12.0 Å². The largest absolute Gasteiger partial charge is 0.488 e. The van der Waals surface area contributed by atoms with Crippen molar-refractivity contribution in [1.29, 1.82) is 0 Å². The molecule has 8 heteroatoms. The van der Waals surface area contributed by atoms with E-state index in [0.29, 0.717) is 12.2 Å². The number of hydrogen-bond donors (Lipinski definition) is 2. The fourth-order valence-corrected chi connectivity index (χ4v) is 4.69. The fourth-order valence-electron chi connectivity index (χ4n) is 4.69. The zero-order chi connectivity index (χ0) is 24.2.